The standard InChI is InChI=1S/C15H24N4O3S2/c1-16-15(17-7-4-13-3-2-9-23-13)18-8-5-14(20)19-12-6-10-24(21,22)11-12/h2-3,9,12H,4-8,10-11H2,1H3,(H,19,20)(H2,16,17,18). The maximum Gasteiger partial charge on any atom is 0.222 e. The normalized spacial score (nSPS) is 19.9. The van der Waals surface area contributed by atoms with Gasteiger partial charge in [0.15, 0.2) is 15.8 Å². The van der Waals surface area contributed by atoms with Crippen LogP contribution in [0.1, 0.15) is 17.7 Å². The predicted molar refractivity (Wildman–Crippen MR) is 97.2 cm³/mol. The molecule has 24 heavy (non-hydrogen) atoms. The molecular formula is C15H24N4O3S2. The zero-order chi connectivity index (χ0) is 17.4. The van der Waals surface area contributed by atoms with Crippen molar-refractivity contribution >= 4 is 33.0 Å². The lowest BCUT2D eigenvalue weighted by molar-refractivity contribution is -0.121. The van der Waals surface area contributed by atoms with Crippen LogP contribution < -0.4 is 16.0 Å². The molecule has 134 valence electrons. The molecule has 0 bridgehead atoms. The fraction of sp³-hybridized carbons (Fsp3) is 0.600. The number of rotatable bonds is 7. The number of thiophene rings is 1. The number of aliphatic imine (C=N–C) groups is 1. The largest absolute Gasteiger partial charge is 0.356 e. The Hall–Kier alpha value is -1.61. The molecule has 0 saturated carbocycles. The number of nitrogens with zero attached hydrogens (tertiary/aromatic N) is 1. The highest BCUT2D eigenvalue weighted by Gasteiger charge is 2.28. The highest BCUT2D eigenvalue weighted by Crippen LogP contribution is 2.11. The molecule has 0 aromatic carbocycles. The van der Waals surface area contributed by atoms with Crippen molar-refractivity contribution in [3.8, 4) is 0 Å². The van der Waals surface area contributed by atoms with Gasteiger partial charge in [0.05, 0.1) is 11.5 Å². The van der Waals surface area contributed by atoms with Crippen LogP contribution in [-0.2, 0) is 21.1 Å². The Morgan fingerprint density at radius 2 is 2.17 bits per heavy atom. The minimum atomic E-state index is -2.97. The van der Waals surface area contributed by atoms with Crippen molar-refractivity contribution in [2.45, 2.75) is 25.3 Å². The molecule has 1 saturated heterocycles. The van der Waals surface area contributed by atoms with Crippen LogP contribution in [0.2, 0.25) is 0 Å². The van der Waals surface area contributed by atoms with Crippen molar-refractivity contribution < 1.29 is 13.2 Å². The van der Waals surface area contributed by atoms with Crippen LogP contribution in [0.3, 0.4) is 0 Å². The first-order valence-electron chi connectivity index (χ1n) is 7.95. The third-order valence-electron chi connectivity index (χ3n) is 3.71. The second kappa shape index (κ2) is 9.03. The van der Waals surface area contributed by atoms with Gasteiger partial charge in [0.1, 0.15) is 0 Å². The summed E-state index contributed by atoms with van der Waals surface area (Å²) in [6.45, 7) is 1.22. The number of hydrogen-bond donors (Lipinski definition) is 3. The summed E-state index contributed by atoms with van der Waals surface area (Å²) >= 11 is 1.72. The van der Waals surface area contributed by atoms with Crippen LogP contribution in [-0.4, -0.2) is 58.0 Å². The van der Waals surface area contributed by atoms with E-state index in [0.29, 0.717) is 18.9 Å². The van der Waals surface area contributed by atoms with Crippen molar-refractivity contribution in [2.24, 2.45) is 4.99 Å². The molecule has 1 aliphatic heterocycles. The average molecular weight is 373 g/mol. The SMILES string of the molecule is CN=C(NCCC(=O)NC1CCS(=O)(=O)C1)NCCc1cccs1. The minimum Gasteiger partial charge on any atom is -0.356 e. The first kappa shape index (κ1) is 18.7. The molecule has 1 aliphatic rings. The van der Waals surface area contributed by atoms with E-state index in [4.69, 9.17) is 0 Å². The minimum absolute atomic E-state index is 0.0537. The summed E-state index contributed by atoms with van der Waals surface area (Å²) < 4.78 is 22.7. The maximum atomic E-state index is 11.8. The lowest BCUT2D eigenvalue weighted by Crippen LogP contribution is -2.41. The number of carbonyl (C=O) groups is 1. The van der Waals surface area contributed by atoms with Crippen LogP contribution in [0.15, 0.2) is 22.5 Å². The lowest BCUT2D eigenvalue weighted by atomic mass is 10.2. The first-order chi connectivity index (χ1) is 11.5. The van der Waals surface area contributed by atoms with Gasteiger partial charge in [-0.05, 0) is 24.3 Å². The molecule has 1 fully saturated rings. The van der Waals surface area contributed by atoms with Crippen molar-refractivity contribution in [2.75, 3.05) is 31.6 Å². The Morgan fingerprint density at radius 3 is 2.79 bits per heavy atom. The average Bonchev–Trinajstić information content (AvgIpc) is 3.15. The molecule has 7 nitrogen and oxygen atoms in total. The van der Waals surface area contributed by atoms with Gasteiger partial charge in [-0.25, -0.2) is 8.42 Å². The summed E-state index contributed by atoms with van der Waals surface area (Å²) in [5.41, 5.74) is 0. The second-order valence-corrected chi connectivity index (χ2v) is 8.93. The third-order valence-corrected chi connectivity index (χ3v) is 6.41. The van der Waals surface area contributed by atoms with E-state index in [9.17, 15) is 13.2 Å². The van der Waals surface area contributed by atoms with E-state index >= 15 is 0 Å². The Balaban J connectivity index is 1.60. The highest BCUT2D eigenvalue weighted by molar-refractivity contribution is 7.91. The molecule has 1 aromatic heterocycles. The topological polar surface area (TPSA) is 99.7 Å². The van der Waals surface area contributed by atoms with E-state index in [2.05, 4.69) is 32.4 Å². The molecule has 0 radical (unpaired) electrons. The van der Waals surface area contributed by atoms with Crippen molar-refractivity contribution in [3.63, 3.8) is 0 Å². The van der Waals surface area contributed by atoms with Crippen molar-refractivity contribution in [1.29, 1.82) is 0 Å². The summed E-state index contributed by atoms with van der Waals surface area (Å²) in [5, 5.41) is 11.1. The Bertz CT molecular complexity index is 656. The molecule has 0 aliphatic carbocycles. The van der Waals surface area contributed by atoms with E-state index < -0.39 is 9.84 Å². The number of amides is 1. The monoisotopic (exact) mass is 372 g/mol. The third kappa shape index (κ3) is 6.48. The zero-order valence-corrected chi connectivity index (χ0v) is 15.4. The number of hydrogen-bond acceptors (Lipinski definition) is 5. The Labute approximate surface area is 146 Å². The quantitative estimate of drug-likeness (QED) is 0.467. The van der Waals surface area contributed by atoms with E-state index in [1.165, 1.54) is 4.88 Å². The maximum absolute atomic E-state index is 11.8. The van der Waals surface area contributed by atoms with Gasteiger partial charge in [-0.1, -0.05) is 6.07 Å². The lowest BCUT2D eigenvalue weighted by Gasteiger charge is -2.13. The second-order valence-electron chi connectivity index (χ2n) is 5.67. The molecule has 1 amide bonds. The fourth-order valence-corrected chi connectivity index (χ4v) is 4.86. The van der Waals surface area contributed by atoms with Gasteiger partial charge in [-0.2, -0.15) is 0 Å². The van der Waals surface area contributed by atoms with Gasteiger partial charge in [0, 0.05) is 37.5 Å². The number of nitrogens with one attached hydrogen (secondary N) is 3. The van der Waals surface area contributed by atoms with E-state index in [-0.39, 0.29) is 29.9 Å². The molecule has 2 rings (SSSR count). The summed E-state index contributed by atoms with van der Waals surface area (Å²) in [6.07, 6.45) is 1.71. The Morgan fingerprint density at radius 1 is 1.38 bits per heavy atom. The van der Waals surface area contributed by atoms with Crippen LogP contribution >= 0.6 is 11.3 Å². The van der Waals surface area contributed by atoms with Gasteiger partial charge < -0.3 is 16.0 Å². The van der Waals surface area contributed by atoms with Crippen LogP contribution in [0.25, 0.3) is 0 Å². The molecule has 1 atom stereocenters. The Kier molecular flexibility index (Phi) is 7.04. The zero-order valence-electron chi connectivity index (χ0n) is 13.7. The molecule has 1 unspecified atom stereocenters. The molecule has 0 spiro atoms. The van der Waals surface area contributed by atoms with Gasteiger partial charge in [0.25, 0.3) is 0 Å². The van der Waals surface area contributed by atoms with Crippen LogP contribution in [0.5, 0.6) is 0 Å². The number of sulfone groups is 1. The molecule has 3 N–H and O–H groups in total. The van der Waals surface area contributed by atoms with Gasteiger partial charge in [0.2, 0.25) is 5.91 Å². The van der Waals surface area contributed by atoms with Gasteiger partial charge in [-0.15, -0.1) is 11.3 Å². The number of guanidine groups is 1. The van der Waals surface area contributed by atoms with E-state index in [1.54, 1.807) is 18.4 Å². The molecular weight excluding hydrogens is 348 g/mol. The van der Waals surface area contributed by atoms with E-state index in [0.717, 1.165) is 13.0 Å². The van der Waals surface area contributed by atoms with Gasteiger partial charge >= 0.3 is 0 Å². The van der Waals surface area contributed by atoms with Crippen molar-refractivity contribution in [1.82, 2.24) is 16.0 Å². The predicted octanol–water partition coefficient (Wildman–Crippen LogP) is 0.149. The fourth-order valence-electron chi connectivity index (χ4n) is 2.48. The number of carbonyl (C=O) groups excluding carboxylic acids is 1. The molecule has 2 heterocycles. The highest BCUT2D eigenvalue weighted by atomic mass is 32.2. The molecule has 1 aromatic rings. The molecule has 9 heteroatoms. The smallest absolute Gasteiger partial charge is 0.222 e. The first-order valence-corrected chi connectivity index (χ1v) is 10.7. The summed E-state index contributed by atoms with van der Waals surface area (Å²) in [5.74, 6) is 0.733. The van der Waals surface area contributed by atoms with E-state index in [1.807, 2.05) is 6.07 Å². The summed E-state index contributed by atoms with van der Waals surface area (Å²) in [4.78, 5) is 17.3. The van der Waals surface area contributed by atoms with Crippen LogP contribution in [0, 0.1) is 0 Å². The summed E-state index contributed by atoms with van der Waals surface area (Å²) in [7, 11) is -1.28. The summed E-state index contributed by atoms with van der Waals surface area (Å²) in [6, 6.07) is 3.88. The van der Waals surface area contributed by atoms with Gasteiger partial charge in [-0.3, -0.25) is 9.79 Å². The van der Waals surface area contributed by atoms with Crippen molar-refractivity contribution in [3.05, 3.63) is 22.4 Å². The van der Waals surface area contributed by atoms with Crippen LogP contribution in [0.4, 0.5) is 0 Å².